The standard InChI is InChI=1S/C15H29N5O/c1-3-7-20-15(17-13-18-20)12-19-8-4-14(5-9-19)11-16-6-10-21-2/h13-14,16H,3-12H2,1-2H3. The van der Waals surface area contributed by atoms with Gasteiger partial charge in [0.1, 0.15) is 12.2 Å². The van der Waals surface area contributed by atoms with Crippen molar-refractivity contribution in [2.45, 2.75) is 39.3 Å². The molecule has 2 rings (SSSR count). The average molecular weight is 295 g/mol. The zero-order valence-corrected chi connectivity index (χ0v) is 13.4. The Bertz CT molecular complexity index is 387. The number of ether oxygens (including phenoxy) is 1. The van der Waals surface area contributed by atoms with Crippen molar-refractivity contribution in [3.8, 4) is 0 Å². The van der Waals surface area contributed by atoms with E-state index in [-0.39, 0.29) is 0 Å². The number of aryl methyl sites for hydroxylation is 1. The molecule has 0 aliphatic carbocycles. The second-order valence-electron chi connectivity index (χ2n) is 5.82. The summed E-state index contributed by atoms with van der Waals surface area (Å²) in [6.45, 7) is 9.27. The van der Waals surface area contributed by atoms with E-state index in [2.05, 4.69) is 27.2 Å². The summed E-state index contributed by atoms with van der Waals surface area (Å²) in [4.78, 5) is 6.90. The summed E-state index contributed by atoms with van der Waals surface area (Å²) in [5, 5.41) is 7.77. The number of nitrogens with zero attached hydrogens (tertiary/aromatic N) is 4. The molecule has 0 radical (unpaired) electrons. The van der Waals surface area contributed by atoms with E-state index in [1.54, 1.807) is 13.4 Å². The van der Waals surface area contributed by atoms with Gasteiger partial charge in [0.2, 0.25) is 0 Å². The first-order chi connectivity index (χ1) is 10.3. The highest BCUT2D eigenvalue weighted by Gasteiger charge is 2.20. The van der Waals surface area contributed by atoms with Gasteiger partial charge in [-0.15, -0.1) is 0 Å². The predicted molar refractivity (Wildman–Crippen MR) is 83.1 cm³/mol. The fourth-order valence-corrected chi connectivity index (χ4v) is 2.84. The lowest BCUT2D eigenvalue weighted by molar-refractivity contribution is 0.163. The molecule has 0 amide bonds. The van der Waals surface area contributed by atoms with Crippen molar-refractivity contribution < 1.29 is 4.74 Å². The molecular formula is C15H29N5O. The number of rotatable bonds is 9. The van der Waals surface area contributed by atoms with E-state index in [1.165, 1.54) is 12.8 Å². The molecule has 1 aliphatic rings. The molecule has 0 atom stereocenters. The van der Waals surface area contributed by atoms with E-state index in [0.29, 0.717) is 0 Å². The Kier molecular flexibility index (Phi) is 7.12. The van der Waals surface area contributed by atoms with Gasteiger partial charge in [0.05, 0.1) is 13.2 Å². The Morgan fingerprint density at radius 1 is 1.38 bits per heavy atom. The van der Waals surface area contributed by atoms with Crippen LogP contribution in [-0.2, 0) is 17.8 Å². The average Bonchev–Trinajstić information content (AvgIpc) is 2.93. The fraction of sp³-hybridized carbons (Fsp3) is 0.867. The third-order valence-corrected chi connectivity index (χ3v) is 4.12. The number of hydrogen-bond donors (Lipinski definition) is 1. The van der Waals surface area contributed by atoms with Crippen molar-refractivity contribution in [1.82, 2.24) is 25.0 Å². The predicted octanol–water partition coefficient (Wildman–Crippen LogP) is 1.14. The molecule has 6 nitrogen and oxygen atoms in total. The lowest BCUT2D eigenvalue weighted by Gasteiger charge is -2.31. The topological polar surface area (TPSA) is 55.2 Å². The highest BCUT2D eigenvalue weighted by molar-refractivity contribution is 4.86. The first-order valence-electron chi connectivity index (χ1n) is 8.12. The second-order valence-corrected chi connectivity index (χ2v) is 5.82. The number of hydrogen-bond acceptors (Lipinski definition) is 5. The van der Waals surface area contributed by atoms with Crippen LogP contribution in [0.4, 0.5) is 0 Å². The molecule has 1 saturated heterocycles. The smallest absolute Gasteiger partial charge is 0.141 e. The molecule has 1 aromatic rings. The van der Waals surface area contributed by atoms with E-state index in [9.17, 15) is 0 Å². The molecule has 21 heavy (non-hydrogen) atoms. The van der Waals surface area contributed by atoms with E-state index < -0.39 is 0 Å². The number of aromatic nitrogens is 3. The number of methoxy groups -OCH3 is 1. The Morgan fingerprint density at radius 2 is 2.19 bits per heavy atom. The summed E-state index contributed by atoms with van der Waals surface area (Å²) in [6.07, 6.45) is 5.31. The van der Waals surface area contributed by atoms with Gasteiger partial charge in [0, 0.05) is 20.2 Å². The van der Waals surface area contributed by atoms with Crippen LogP contribution in [0.1, 0.15) is 32.0 Å². The minimum Gasteiger partial charge on any atom is -0.383 e. The minimum absolute atomic E-state index is 0.798. The molecular weight excluding hydrogens is 266 g/mol. The lowest BCUT2D eigenvalue weighted by Crippen LogP contribution is -2.38. The largest absolute Gasteiger partial charge is 0.383 e. The number of piperidine rings is 1. The molecule has 0 aromatic carbocycles. The zero-order valence-electron chi connectivity index (χ0n) is 13.4. The van der Waals surface area contributed by atoms with Crippen molar-refractivity contribution in [2.75, 3.05) is 39.9 Å². The lowest BCUT2D eigenvalue weighted by atomic mass is 9.97. The van der Waals surface area contributed by atoms with Crippen LogP contribution in [0.15, 0.2) is 6.33 Å². The normalized spacial score (nSPS) is 17.4. The van der Waals surface area contributed by atoms with Crippen molar-refractivity contribution in [2.24, 2.45) is 5.92 Å². The molecule has 1 fully saturated rings. The van der Waals surface area contributed by atoms with Crippen LogP contribution in [0.5, 0.6) is 0 Å². The first kappa shape index (κ1) is 16.4. The molecule has 0 unspecified atom stereocenters. The third kappa shape index (κ3) is 5.37. The van der Waals surface area contributed by atoms with Gasteiger partial charge in [-0.2, -0.15) is 5.10 Å². The summed E-state index contributed by atoms with van der Waals surface area (Å²) in [7, 11) is 1.75. The molecule has 1 aliphatic heterocycles. The molecule has 2 heterocycles. The van der Waals surface area contributed by atoms with Gasteiger partial charge in [-0.05, 0) is 44.8 Å². The van der Waals surface area contributed by atoms with Gasteiger partial charge in [-0.25, -0.2) is 9.67 Å². The maximum Gasteiger partial charge on any atom is 0.141 e. The summed E-state index contributed by atoms with van der Waals surface area (Å²) >= 11 is 0. The summed E-state index contributed by atoms with van der Waals surface area (Å²) in [6, 6.07) is 0. The van der Waals surface area contributed by atoms with Crippen LogP contribution in [-0.4, -0.2) is 59.6 Å². The summed E-state index contributed by atoms with van der Waals surface area (Å²) in [5.74, 6) is 1.90. The summed E-state index contributed by atoms with van der Waals surface area (Å²) in [5.41, 5.74) is 0. The van der Waals surface area contributed by atoms with Crippen LogP contribution in [0.2, 0.25) is 0 Å². The third-order valence-electron chi connectivity index (χ3n) is 4.12. The molecule has 1 aromatic heterocycles. The number of nitrogens with one attached hydrogen (secondary N) is 1. The highest BCUT2D eigenvalue weighted by Crippen LogP contribution is 2.17. The second kappa shape index (κ2) is 9.12. The number of likely N-dealkylation sites (tertiary alicyclic amines) is 1. The Hall–Kier alpha value is -0.980. The van der Waals surface area contributed by atoms with Gasteiger partial charge in [-0.1, -0.05) is 6.92 Å². The van der Waals surface area contributed by atoms with E-state index in [1.807, 2.05) is 4.68 Å². The minimum atomic E-state index is 0.798. The maximum absolute atomic E-state index is 5.05. The van der Waals surface area contributed by atoms with Crippen molar-refractivity contribution in [3.05, 3.63) is 12.2 Å². The van der Waals surface area contributed by atoms with Gasteiger partial charge in [0.25, 0.3) is 0 Å². The molecule has 0 spiro atoms. The highest BCUT2D eigenvalue weighted by atomic mass is 16.5. The molecule has 6 heteroatoms. The Labute approximate surface area is 127 Å². The maximum atomic E-state index is 5.05. The van der Waals surface area contributed by atoms with Crippen LogP contribution < -0.4 is 5.32 Å². The van der Waals surface area contributed by atoms with Gasteiger partial charge >= 0.3 is 0 Å². The SMILES string of the molecule is CCCn1ncnc1CN1CCC(CNCCOC)CC1. The quantitative estimate of drug-likeness (QED) is 0.692. The van der Waals surface area contributed by atoms with E-state index in [4.69, 9.17) is 4.74 Å². The molecule has 0 bridgehead atoms. The fourth-order valence-electron chi connectivity index (χ4n) is 2.84. The van der Waals surface area contributed by atoms with Gasteiger partial charge in [0.15, 0.2) is 0 Å². The summed E-state index contributed by atoms with van der Waals surface area (Å²) < 4.78 is 7.09. The first-order valence-corrected chi connectivity index (χ1v) is 8.12. The van der Waals surface area contributed by atoms with Crippen LogP contribution >= 0.6 is 0 Å². The van der Waals surface area contributed by atoms with Crippen molar-refractivity contribution >= 4 is 0 Å². The van der Waals surface area contributed by atoms with Gasteiger partial charge in [-0.3, -0.25) is 4.90 Å². The molecule has 120 valence electrons. The Morgan fingerprint density at radius 3 is 2.90 bits per heavy atom. The Balaban J connectivity index is 1.68. The molecule has 1 N–H and O–H groups in total. The van der Waals surface area contributed by atoms with Crippen LogP contribution in [0, 0.1) is 5.92 Å². The zero-order chi connectivity index (χ0) is 14.9. The van der Waals surface area contributed by atoms with E-state index in [0.717, 1.165) is 64.0 Å². The molecule has 0 saturated carbocycles. The van der Waals surface area contributed by atoms with Crippen molar-refractivity contribution in [3.63, 3.8) is 0 Å². The van der Waals surface area contributed by atoms with Crippen molar-refractivity contribution in [1.29, 1.82) is 0 Å². The van der Waals surface area contributed by atoms with E-state index >= 15 is 0 Å². The van der Waals surface area contributed by atoms with Crippen LogP contribution in [0.3, 0.4) is 0 Å². The monoisotopic (exact) mass is 295 g/mol. The van der Waals surface area contributed by atoms with Crippen LogP contribution in [0.25, 0.3) is 0 Å². The van der Waals surface area contributed by atoms with Gasteiger partial charge < -0.3 is 10.1 Å².